The number of nitrogens with zero attached hydrogens (tertiary/aromatic N) is 2. The Labute approximate surface area is 151 Å². The summed E-state index contributed by atoms with van der Waals surface area (Å²) in [5, 5.41) is 3.81. The van der Waals surface area contributed by atoms with Crippen LogP contribution in [0.2, 0.25) is 0 Å². The van der Waals surface area contributed by atoms with E-state index in [0.717, 1.165) is 31.3 Å². The Bertz CT molecular complexity index is 955. The van der Waals surface area contributed by atoms with E-state index in [2.05, 4.69) is 10.3 Å². The number of fused-ring (bicyclic) bond motifs is 1. The number of pyridine rings is 1. The molecule has 130 valence electrons. The molecule has 5 nitrogen and oxygen atoms in total. The Morgan fingerprint density at radius 1 is 0.923 bits per heavy atom. The smallest absolute Gasteiger partial charge is 0.257 e. The van der Waals surface area contributed by atoms with Crippen LogP contribution in [-0.4, -0.2) is 34.8 Å². The van der Waals surface area contributed by atoms with Gasteiger partial charge in [-0.05, 0) is 49.2 Å². The average molecular weight is 345 g/mol. The Morgan fingerprint density at radius 2 is 1.65 bits per heavy atom. The van der Waals surface area contributed by atoms with Gasteiger partial charge in [-0.25, -0.2) is 0 Å². The predicted octanol–water partition coefficient (Wildman–Crippen LogP) is 3.72. The van der Waals surface area contributed by atoms with Crippen molar-refractivity contribution >= 4 is 28.4 Å². The van der Waals surface area contributed by atoms with Gasteiger partial charge in [0.1, 0.15) is 0 Å². The topological polar surface area (TPSA) is 62.3 Å². The van der Waals surface area contributed by atoms with Crippen molar-refractivity contribution < 1.29 is 9.59 Å². The number of likely N-dealkylation sites (tertiary alicyclic amines) is 1. The zero-order valence-electron chi connectivity index (χ0n) is 14.3. The molecule has 5 heteroatoms. The summed E-state index contributed by atoms with van der Waals surface area (Å²) in [6.07, 6.45) is 3.82. The van der Waals surface area contributed by atoms with Crippen LogP contribution in [0, 0.1) is 0 Å². The van der Waals surface area contributed by atoms with E-state index >= 15 is 0 Å². The van der Waals surface area contributed by atoms with Crippen LogP contribution in [0.1, 0.15) is 33.6 Å². The largest absolute Gasteiger partial charge is 0.339 e. The fourth-order valence-corrected chi connectivity index (χ4v) is 3.28. The normalized spacial score (nSPS) is 13.8. The van der Waals surface area contributed by atoms with E-state index < -0.39 is 0 Å². The third-order valence-corrected chi connectivity index (χ3v) is 4.66. The number of hydrogen-bond donors (Lipinski definition) is 1. The van der Waals surface area contributed by atoms with E-state index in [1.807, 2.05) is 29.2 Å². The molecule has 1 saturated heterocycles. The van der Waals surface area contributed by atoms with Crippen molar-refractivity contribution in [2.45, 2.75) is 12.8 Å². The number of benzene rings is 2. The maximum absolute atomic E-state index is 12.6. The summed E-state index contributed by atoms with van der Waals surface area (Å²) >= 11 is 0. The average Bonchev–Trinajstić information content (AvgIpc) is 3.22. The second-order valence-corrected chi connectivity index (χ2v) is 6.41. The van der Waals surface area contributed by atoms with E-state index in [1.54, 1.807) is 36.5 Å². The molecule has 1 aromatic heterocycles. The van der Waals surface area contributed by atoms with Gasteiger partial charge >= 0.3 is 0 Å². The molecule has 2 amide bonds. The molecule has 1 aliphatic heterocycles. The third-order valence-electron chi connectivity index (χ3n) is 4.66. The molecule has 2 heterocycles. The Balaban J connectivity index is 1.51. The van der Waals surface area contributed by atoms with Gasteiger partial charge in [0.25, 0.3) is 11.8 Å². The SMILES string of the molecule is O=C(Nc1ccc(C(=O)N2CCCC2)cc1)c1cccc2cccnc12. The quantitative estimate of drug-likeness (QED) is 0.787. The number of rotatable bonds is 3. The number of nitrogens with one attached hydrogen (secondary N) is 1. The lowest BCUT2D eigenvalue weighted by Gasteiger charge is -2.15. The highest BCUT2D eigenvalue weighted by molar-refractivity contribution is 6.11. The van der Waals surface area contributed by atoms with Crippen LogP contribution in [0.5, 0.6) is 0 Å². The first-order valence-electron chi connectivity index (χ1n) is 8.77. The fraction of sp³-hybridized carbons (Fsp3) is 0.190. The van der Waals surface area contributed by atoms with Crippen molar-refractivity contribution in [3.63, 3.8) is 0 Å². The minimum absolute atomic E-state index is 0.0543. The Kier molecular flexibility index (Phi) is 4.35. The molecular weight excluding hydrogens is 326 g/mol. The first-order chi connectivity index (χ1) is 12.7. The van der Waals surface area contributed by atoms with Crippen molar-refractivity contribution in [1.29, 1.82) is 0 Å². The molecule has 4 rings (SSSR count). The molecule has 0 spiro atoms. The van der Waals surface area contributed by atoms with Gasteiger partial charge in [0, 0.05) is 35.9 Å². The van der Waals surface area contributed by atoms with E-state index in [-0.39, 0.29) is 11.8 Å². The van der Waals surface area contributed by atoms with Gasteiger partial charge < -0.3 is 10.2 Å². The minimum Gasteiger partial charge on any atom is -0.339 e. The summed E-state index contributed by atoms with van der Waals surface area (Å²) in [5.74, 6) is -0.161. The molecule has 26 heavy (non-hydrogen) atoms. The molecular formula is C21H19N3O2. The summed E-state index contributed by atoms with van der Waals surface area (Å²) < 4.78 is 0. The molecule has 0 aliphatic carbocycles. The molecule has 2 aromatic carbocycles. The monoisotopic (exact) mass is 345 g/mol. The zero-order valence-corrected chi connectivity index (χ0v) is 14.3. The van der Waals surface area contributed by atoms with Gasteiger partial charge in [0.2, 0.25) is 0 Å². The summed E-state index contributed by atoms with van der Waals surface area (Å²) in [7, 11) is 0. The van der Waals surface area contributed by atoms with Crippen molar-refractivity contribution in [3.05, 3.63) is 71.9 Å². The van der Waals surface area contributed by atoms with E-state index in [4.69, 9.17) is 0 Å². The lowest BCUT2D eigenvalue weighted by Crippen LogP contribution is -2.27. The van der Waals surface area contributed by atoms with Crippen molar-refractivity contribution in [2.75, 3.05) is 18.4 Å². The fourth-order valence-electron chi connectivity index (χ4n) is 3.28. The van der Waals surface area contributed by atoms with Crippen LogP contribution in [0.3, 0.4) is 0 Å². The third kappa shape index (κ3) is 3.16. The number of carbonyl (C=O) groups excluding carboxylic acids is 2. The first kappa shape index (κ1) is 16.3. The molecule has 1 fully saturated rings. The number of amides is 2. The highest BCUT2D eigenvalue weighted by Crippen LogP contribution is 2.19. The minimum atomic E-state index is -0.215. The van der Waals surface area contributed by atoms with Crippen molar-refractivity contribution in [1.82, 2.24) is 9.88 Å². The summed E-state index contributed by atoms with van der Waals surface area (Å²) in [6.45, 7) is 1.65. The lowest BCUT2D eigenvalue weighted by molar-refractivity contribution is 0.0792. The van der Waals surface area contributed by atoms with Gasteiger partial charge in [-0.3, -0.25) is 14.6 Å². The van der Waals surface area contributed by atoms with Crippen LogP contribution in [0.25, 0.3) is 10.9 Å². The second-order valence-electron chi connectivity index (χ2n) is 6.41. The lowest BCUT2D eigenvalue weighted by atomic mass is 10.1. The van der Waals surface area contributed by atoms with Gasteiger partial charge in [-0.15, -0.1) is 0 Å². The van der Waals surface area contributed by atoms with E-state index in [9.17, 15) is 9.59 Å². The van der Waals surface area contributed by atoms with Gasteiger partial charge in [-0.1, -0.05) is 18.2 Å². The van der Waals surface area contributed by atoms with Gasteiger partial charge in [-0.2, -0.15) is 0 Å². The second kappa shape index (κ2) is 6.96. The maximum atomic E-state index is 12.6. The van der Waals surface area contributed by atoms with Crippen LogP contribution < -0.4 is 5.32 Å². The van der Waals surface area contributed by atoms with Crippen LogP contribution >= 0.6 is 0 Å². The Hall–Kier alpha value is -3.21. The predicted molar refractivity (Wildman–Crippen MR) is 101 cm³/mol. The summed E-state index contributed by atoms with van der Waals surface area (Å²) in [5.41, 5.74) is 2.51. The number of anilines is 1. The van der Waals surface area contributed by atoms with E-state index in [0.29, 0.717) is 22.3 Å². The van der Waals surface area contributed by atoms with Gasteiger partial charge in [0.15, 0.2) is 0 Å². The molecule has 0 saturated carbocycles. The van der Waals surface area contributed by atoms with Crippen LogP contribution in [0.15, 0.2) is 60.8 Å². The summed E-state index contributed by atoms with van der Waals surface area (Å²) in [6, 6.07) is 16.4. The molecule has 1 N–H and O–H groups in total. The van der Waals surface area contributed by atoms with E-state index in [1.165, 1.54) is 0 Å². The highest BCUT2D eigenvalue weighted by atomic mass is 16.2. The molecule has 1 aliphatic rings. The number of carbonyl (C=O) groups is 2. The number of hydrogen-bond acceptors (Lipinski definition) is 3. The van der Waals surface area contributed by atoms with Crippen LogP contribution in [0.4, 0.5) is 5.69 Å². The standard InChI is InChI=1S/C21H19N3O2/c25-20(18-7-3-5-15-6-4-12-22-19(15)18)23-17-10-8-16(9-11-17)21(26)24-13-1-2-14-24/h3-12H,1-2,13-14H2,(H,23,25). The maximum Gasteiger partial charge on any atom is 0.257 e. The molecule has 0 bridgehead atoms. The van der Waals surface area contributed by atoms with Crippen molar-refractivity contribution in [2.24, 2.45) is 0 Å². The Morgan fingerprint density at radius 3 is 2.42 bits per heavy atom. The van der Waals surface area contributed by atoms with Gasteiger partial charge in [0.05, 0.1) is 11.1 Å². The molecule has 0 radical (unpaired) electrons. The van der Waals surface area contributed by atoms with Crippen molar-refractivity contribution in [3.8, 4) is 0 Å². The first-order valence-corrected chi connectivity index (χ1v) is 8.77. The highest BCUT2D eigenvalue weighted by Gasteiger charge is 2.19. The number of aromatic nitrogens is 1. The molecule has 0 atom stereocenters. The zero-order chi connectivity index (χ0) is 17.9. The van der Waals surface area contributed by atoms with Crippen LogP contribution in [-0.2, 0) is 0 Å². The molecule has 0 unspecified atom stereocenters. The number of para-hydroxylation sites is 1. The summed E-state index contributed by atoms with van der Waals surface area (Å²) in [4.78, 5) is 31.2. The molecule has 3 aromatic rings.